The average molecular weight is 630 g/mol. The number of para-hydroxylation sites is 2. The molecule has 11 heteroatoms. The highest BCUT2D eigenvalue weighted by Gasteiger charge is 2.53. The van der Waals surface area contributed by atoms with E-state index in [0.29, 0.717) is 97.1 Å². The van der Waals surface area contributed by atoms with Crippen LogP contribution < -0.4 is 14.8 Å². The molecule has 8 rings (SSSR count). The summed E-state index contributed by atoms with van der Waals surface area (Å²) in [5, 5.41) is 4.23. The number of fused-ring (bicyclic) bond motifs is 12. The van der Waals surface area contributed by atoms with Crippen LogP contribution in [0, 0.1) is 5.41 Å². The third-order valence-electron chi connectivity index (χ3n) is 10.0. The van der Waals surface area contributed by atoms with E-state index in [0.717, 1.165) is 40.9 Å². The van der Waals surface area contributed by atoms with Crippen LogP contribution in [0.5, 0.6) is 11.5 Å². The zero-order chi connectivity index (χ0) is 31.5. The van der Waals surface area contributed by atoms with Crippen molar-refractivity contribution in [2.24, 2.45) is 5.41 Å². The molecule has 11 nitrogen and oxygen atoms in total. The van der Waals surface area contributed by atoms with Crippen LogP contribution in [0.3, 0.4) is 0 Å². The van der Waals surface area contributed by atoms with Gasteiger partial charge in [-0.2, -0.15) is 0 Å². The number of morpholine rings is 1. The Bertz CT molecular complexity index is 1580. The standard InChI is InChI=1S/C35H43N5O6/c41-31-10-4-11-39(32(42)18-25-19-36-29-8-2-1-6-26(25)29)12-5-15-45-30-9-3-7-27-28-20-40(33(43)21-38-13-16-44-17-14-38)23-35(28,22-37-31)24-46-34(27)30/h1-3,6-9,19,28,36H,4-5,10-18,20-24H2,(H,37,41)/t28-,35+/m0/s1. The van der Waals surface area contributed by atoms with E-state index in [1.807, 2.05) is 52.4 Å². The molecule has 1 spiro atoms. The van der Waals surface area contributed by atoms with Crippen molar-refractivity contribution in [3.8, 4) is 11.5 Å². The molecule has 1 aromatic heterocycles. The van der Waals surface area contributed by atoms with E-state index in [1.54, 1.807) is 0 Å². The minimum Gasteiger partial charge on any atom is -0.490 e. The number of amides is 3. The lowest BCUT2D eigenvalue weighted by Crippen LogP contribution is -2.49. The molecule has 2 aromatic carbocycles. The highest BCUT2D eigenvalue weighted by Crippen LogP contribution is 2.52. The van der Waals surface area contributed by atoms with Crippen LogP contribution in [0.2, 0.25) is 0 Å². The van der Waals surface area contributed by atoms with E-state index in [4.69, 9.17) is 14.2 Å². The molecule has 2 N–H and O–H groups in total. The third-order valence-corrected chi connectivity index (χ3v) is 10.0. The molecule has 6 heterocycles. The number of rotatable bonds is 4. The topological polar surface area (TPSA) is 116 Å². The van der Waals surface area contributed by atoms with Gasteiger partial charge in [-0.25, -0.2) is 0 Å². The monoisotopic (exact) mass is 629 g/mol. The molecule has 0 aliphatic carbocycles. The van der Waals surface area contributed by atoms with E-state index in [1.165, 1.54) is 0 Å². The van der Waals surface area contributed by atoms with E-state index in [-0.39, 0.29) is 23.6 Å². The molecule has 4 bridgehead atoms. The second-order valence-corrected chi connectivity index (χ2v) is 13.0. The van der Waals surface area contributed by atoms with E-state index < -0.39 is 5.41 Å². The summed E-state index contributed by atoms with van der Waals surface area (Å²) in [4.78, 5) is 49.4. The number of aromatic nitrogens is 1. The highest BCUT2D eigenvalue weighted by atomic mass is 16.5. The van der Waals surface area contributed by atoms with Crippen molar-refractivity contribution >= 4 is 28.6 Å². The quantitative estimate of drug-likeness (QED) is 0.456. The van der Waals surface area contributed by atoms with Crippen LogP contribution in [-0.4, -0.2) is 116 Å². The van der Waals surface area contributed by atoms with Crippen molar-refractivity contribution in [3.63, 3.8) is 0 Å². The largest absolute Gasteiger partial charge is 0.490 e. The number of aromatic amines is 1. The van der Waals surface area contributed by atoms with Gasteiger partial charge in [0.2, 0.25) is 17.7 Å². The lowest BCUT2D eigenvalue weighted by atomic mass is 9.73. The minimum absolute atomic E-state index is 0.0132. The molecule has 3 aromatic rings. The third kappa shape index (κ3) is 6.30. The van der Waals surface area contributed by atoms with Gasteiger partial charge in [-0.3, -0.25) is 19.3 Å². The lowest BCUT2D eigenvalue weighted by Gasteiger charge is -2.40. The zero-order valence-electron chi connectivity index (χ0n) is 26.3. The first-order valence-electron chi connectivity index (χ1n) is 16.5. The molecule has 0 unspecified atom stereocenters. The molecule has 5 aliphatic rings. The Kier molecular flexibility index (Phi) is 8.86. The number of likely N-dealkylation sites (tertiary alicyclic amines) is 1. The van der Waals surface area contributed by atoms with Gasteiger partial charge in [0.1, 0.15) is 0 Å². The molecular weight excluding hydrogens is 586 g/mol. The van der Waals surface area contributed by atoms with E-state index in [2.05, 4.69) is 21.3 Å². The summed E-state index contributed by atoms with van der Waals surface area (Å²) in [6.45, 7) is 6.51. The van der Waals surface area contributed by atoms with Crippen molar-refractivity contribution in [2.75, 3.05) is 78.8 Å². The Labute approximate surface area is 269 Å². The summed E-state index contributed by atoms with van der Waals surface area (Å²) in [5.41, 5.74) is 2.55. The summed E-state index contributed by atoms with van der Waals surface area (Å²) in [7, 11) is 0. The Morgan fingerprint density at radius 2 is 1.76 bits per heavy atom. The van der Waals surface area contributed by atoms with Gasteiger partial charge in [0.25, 0.3) is 0 Å². The first-order chi connectivity index (χ1) is 22.5. The minimum atomic E-state index is -0.444. The molecule has 244 valence electrons. The Hall–Kier alpha value is -4.09. The summed E-state index contributed by atoms with van der Waals surface area (Å²) in [6, 6.07) is 14.0. The normalized spacial score (nSPS) is 24.3. The summed E-state index contributed by atoms with van der Waals surface area (Å²) in [6.07, 6.45) is 3.72. The van der Waals surface area contributed by atoms with Gasteiger partial charge in [0.05, 0.1) is 39.4 Å². The Morgan fingerprint density at radius 1 is 0.913 bits per heavy atom. The van der Waals surface area contributed by atoms with E-state index in [9.17, 15) is 14.4 Å². The molecule has 3 amide bonds. The molecule has 2 saturated heterocycles. The van der Waals surface area contributed by atoms with Crippen molar-refractivity contribution in [2.45, 2.75) is 31.6 Å². The fourth-order valence-corrected chi connectivity index (χ4v) is 7.45. The molecule has 46 heavy (non-hydrogen) atoms. The van der Waals surface area contributed by atoms with Gasteiger partial charge in [-0.1, -0.05) is 30.3 Å². The predicted molar refractivity (Wildman–Crippen MR) is 172 cm³/mol. The number of carbonyl (C=O) groups is 3. The van der Waals surface area contributed by atoms with Gasteiger partial charge in [0.15, 0.2) is 11.5 Å². The maximum atomic E-state index is 13.5. The van der Waals surface area contributed by atoms with Crippen molar-refractivity contribution < 1.29 is 28.6 Å². The predicted octanol–water partition coefficient (Wildman–Crippen LogP) is 2.55. The molecule has 2 fully saturated rings. The molecule has 0 radical (unpaired) electrons. The van der Waals surface area contributed by atoms with Crippen LogP contribution in [0.25, 0.3) is 10.9 Å². The summed E-state index contributed by atoms with van der Waals surface area (Å²) < 4.78 is 18.2. The van der Waals surface area contributed by atoms with Crippen LogP contribution in [0.1, 0.15) is 36.3 Å². The van der Waals surface area contributed by atoms with Gasteiger partial charge in [-0.15, -0.1) is 0 Å². The first-order valence-corrected chi connectivity index (χ1v) is 16.5. The number of benzene rings is 2. The fraction of sp³-hybridized carbons (Fsp3) is 0.514. The number of nitrogens with one attached hydrogen (secondary N) is 2. The first kappa shape index (κ1) is 30.6. The van der Waals surface area contributed by atoms with Crippen LogP contribution >= 0.6 is 0 Å². The SMILES string of the molecule is O=C1CCCN(C(=O)Cc2c[nH]c3ccccc23)CCCOc2cccc3c2OC[C@@]2(CN1)CN(C(=O)CN1CCOCC1)C[C@@H]32. The van der Waals surface area contributed by atoms with Crippen LogP contribution in [-0.2, 0) is 25.5 Å². The number of nitrogens with zero attached hydrogens (tertiary/aromatic N) is 3. The number of carbonyl (C=O) groups excluding carboxylic acids is 3. The molecule has 0 saturated carbocycles. The molecule has 5 aliphatic heterocycles. The lowest BCUT2D eigenvalue weighted by molar-refractivity contribution is -0.133. The van der Waals surface area contributed by atoms with Gasteiger partial charge in [0, 0.05) is 86.2 Å². The summed E-state index contributed by atoms with van der Waals surface area (Å²) in [5.74, 6) is 1.49. The van der Waals surface area contributed by atoms with Gasteiger partial charge < -0.3 is 34.3 Å². The fourth-order valence-electron chi connectivity index (χ4n) is 7.45. The van der Waals surface area contributed by atoms with Crippen LogP contribution in [0.15, 0.2) is 48.7 Å². The number of H-pyrrole nitrogens is 1. The number of hydrogen-bond acceptors (Lipinski definition) is 7. The zero-order valence-corrected chi connectivity index (χ0v) is 26.3. The van der Waals surface area contributed by atoms with Crippen molar-refractivity contribution in [1.29, 1.82) is 0 Å². The molecular formula is C35H43N5O6. The summed E-state index contributed by atoms with van der Waals surface area (Å²) >= 11 is 0. The van der Waals surface area contributed by atoms with E-state index >= 15 is 0 Å². The second kappa shape index (κ2) is 13.3. The van der Waals surface area contributed by atoms with Crippen LogP contribution in [0.4, 0.5) is 0 Å². The average Bonchev–Trinajstić information content (AvgIpc) is 3.67. The number of ether oxygens (including phenoxy) is 3. The Balaban J connectivity index is 1.07. The maximum absolute atomic E-state index is 13.5. The molecule has 2 atom stereocenters. The Morgan fingerprint density at radius 3 is 2.65 bits per heavy atom. The van der Waals surface area contributed by atoms with Gasteiger partial charge in [-0.05, 0) is 30.5 Å². The highest BCUT2D eigenvalue weighted by molar-refractivity contribution is 5.89. The maximum Gasteiger partial charge on any atom is 0.236 e. The second-order valence-electron chi connectivity index (χ2n) is 13.0. The van der Waals surface area contributed by atoms with Gasteiger partial charge >= 0.3 is 0 Å². The smallest absolute Gasteiger partial charge is 0.236 e. The van der Waals surface area contributed by atoms with Crippen molar-refractivity contribution in [3.05, 3.63) is 59.8 Å². The van der Waals surface area contributed by atoms with Crippen molar-refractivity contribution in [1.82, 2.24) is 25.0 Å². The number of hydrogen-bond donors (Lipinski definition) is 2.